The van der Waals surface area contributed by atoms with Crippen molar-refractivity contribution >= 4 is 5.97 Å². The van der Waals surface area contributed by atoms with E-state index >= 15 is 0 Å². The number of rotatable bonds is 6. The van der Waals surface area contributed by atoms with Gasteiger partial charge in [-0.15, -0.1) is 0 Å². The summed E-state index contributed by atoms with van der Waals surface area (Å²) in [5.74, 6) is -0.917. The van der Waals surface area contributed by atoms with Gasteiger partial charge in [0, 0.05) is 18.6 Å². The predicted molar refractivity (Wildman–Crippen MR) is 46.9 cm³/mol. The minimum Gasteiger partial charge on any atom is -0.478 e. The van der Waals surface area contributed by atoms with E-state index < -0.39 is 5.97 Å². The SMILES string of the molecule is CCCCC=C(CCO)C(=O)O. The van der Waals surface area contributed by atoms with Gasteiger partial charge in [-0.1, -0.05) is 25.8 Å². The molecule has 0 aromatic rings. The molecule has 0 aliphatic heterocycles. The summed E-state index contributed by atoms with van der Waals surface area (Å²) < 4.78 is 0. The Kier molecular flexibility index (Phi) is 6.38. The van der Waals surface area contributed by atoms with E-state index in [1.807, 2.05) is 0 Å². The molecule has 0 aromatic carbocycles. The van der Waals surface area contributed by atoms with Crippen molar-refractivity contribution in [2.24, 2.45) is 0 Å². The first-order valence-electron chi connectivity index (χ1n) is 4.25. The lowest BCUT2D eigenvalue weighted by atomic mass is 10.1. The van der Waals surface area contributed by atoms with E-state index in [0.717, 1.165) is 19.3 Å². The van der Waals surface area contributed by atoms with Gasteiger partial charge >= 0.3 is 5.97 Å². The number of aliphatic hydroxyl groups excluding tert-OH is 1. The second-order valence-corrected chi connectivity index (χ2v) is 2.65. The summed E-state index contributed by atoms with van der Waals surface area (Å²) in [7, 11) is 0. The number of aliphatic carboxylic acids is 1. The Bertz CT molecular complexity index is 161. The van der Waals surface area contributed by atoms with E-state index in [2.05, 4.69) is 6.92 Å². The van der Waals surface area contributed by atoms with Crippen molar-refractivity contribution in [1.82, 2.24) is 0 Å². The van der Waals surface area contributed by atoms with Crippen LogP contribution >= 0.6 is 0 Å². The molecule has 0 fully saturated rings. The zero-order valence-corrected chi connectivity index (χ0v) is 7.42. The van der Waals surface area contributed by atoms with E-state index in [9.17, 15) is 4.79 Å². The summed E-state index contributed by atoms with van der Waals surface area (Å²) in [6.07, 6.45) is 4.80. The number of unbranched alkanes of at least 4 members (excludes halogenated alkanes) is 2. The molecule has 0 bridgehead atoms. The topological polar surface area (TPSA) is 57.5 Å². The fourth-order valence-electron chi connectivity index (χ4n) is 0.897. The van der Waals surface area contributed by atoms with Gasteiger partial charge in [-0.05, 0) is 6.42 Å². The molecule has 3 nitrogen and oxygen atoms in total. The molecule has 12 heavy (non-hydrogen) atoms. The standard InChI is InChI=1S/C9H16O3/c1-2-3-4-5-8(6-7-10)9(11)12/h5,10H,2-4,6-7H2,1H3,(H,11,12). The minimum absolute atomic E-state index is 0.0930. The zero-order valence-electron chi connectivity index (χ0n) is 7.42. The molecule has 0 unspecified atom stereocenters. The Morgan fingerprint density at radius 3 is 2.58 bits per heavy atom. The highest BCUT2D eigenvalue weighted by Gasteiger charge is 2.04. The molecular formula is C9H16O3. The maximum Gasteiger partial charge on any atom is 0.331 e. The Hall–Kier alpha value is -0.830. The lowest BCUT2D eigenvalue weighted by Crippen LogP contribution is -2.02. The summed E-state index contributed by atoms with van der Waals surface area (Å²) in [6, 6.07) is 0. The Morgan fingerprint density at radius 1 is 1.50 bits per heavy atom. The van der Waals surface area contributed by atoms with Crippen molar-refractivity contribution in [3.63, 3.8) is 0 Å². The molecule has 0 spiro atoms. The largest absolute Gasteiger partial charge is 0.478 e. The van der Waals surface area contributed by atoms with Gasteiger partial charge in [-0.3, -0.25) is 0 Å². The number of carboxylic acid groups (broad SMARTS) is 1. The third-order valence-corrected chi connectivity index (χ3v) is 1.60. The van der Waals surface area contributed by atoms with Crippen LogP contribution in [0, 0.1) is 0 Å². The molecular weight excluding hydrogens is 156 g/mol. The van der Waals surface area contributed by atoms with Gasteiger partial charge in [0.15, 0.2) is 0 Å². The third-order valence-electron chi connectivity index (χ3n) is 1.60. The summed E-state index contributed by atoms with van der Waals surface area (Å²) in [4.78, 5) is 10.5. The van der Waals surface area contributed by atoms with E-state index in [0.29, 0.717) is 5.57 Å². The second-order valence-electron chi connectivity index (χ2n) is 2.65. The number of allylic oxidation sites excluding steroid dienone is 1. The molecule has 3 heteroatoms. The van der Waals surface area contributed by atoms with Crippen LogP contribution in [0.25, 0.3) is 0 Å². The molecule has 0 rings (SSSR count). The highest BCUT2D eigenvalue weighted by Crippen LogP contribution is 2.05. The third kappa shape index (κ3) is 4.91. The Balaban J connectivity index is 3.90. The van der Waals surface area contributed by atoms with Crippen molar-refractivity contribution in [3.05, 3.63) is 11.6 Å². The molecule has 2 N–H and O–H groups in total. The first kappa shape index (κ1) is 11.2. The average Bonchev–Trinajstić information content (AvgIpc) is 2.03. The predicted octanol–water partition coefficient (Wildman–Crippen LogP) is 1.57. The van der Waals surface area contributed by atoms with Crippen molar-refractivity contribution in [1.29, 1.82) is 0 Å². The average molecular weight is 172 g/mol. The van der Waals surface area contributed by atoms with Gasteiger partial charge in [0.05, 0.1) is 0 Å². The summed E-state index contributed by atoms with van der Waals surface area (Å²) >= 11 is 0. The highest BCUT2D eigenvalue weighted by molar-refractivity contribution is 5.86. The van der Waals surface area contributed by atoms with E-state index in [-0.39, 0.29) is 13.0 Å². The summed E-state index contributed by atoms with van der Waals surface area (Å²) in [6.45, 7) is 1.96. The van der Waals surface area contributed by atoms with Gasteiger partial charge in [0.1, 0.15) is 0 Å². The molecule has 0 atom stereocenters. The van der Waals surface area contributed by atoms with E-state index in [1.54, 1.807) is 6.08 Å². The number of carbonyl (C=O) groups is 1. The zero-order chi connectivity index (χ0) is 9.40. The van der Waals surface area contributed by atoms with Gasteiger partial charge in [0.25, 0.3) is 0 Å². The molecule has 0 heterocycles. The number of hydrogen-bond acceptors (Lipinski definition) is 2. The highest BCUT2D eigenvalue weighted by atomic mass is 16.4. The summed E-state index contributed by atoms with van der Waals surface area (Å²) in [5, 5.41) is 17.2. The van der Waals surface area contributed by atoms with Gasteiger partial charge in [-0.25, -0.2) is 4.79 Å². The molecule has 0 radical (unpaired) electrons. The first-order valence-corrected chi connectivity index (χ1v) is 4.25. The van der Waals surface area contributed by atoms with Crippen LogP contribution in [-0.2, 0) is 4.79 Å². The van der Waals surface area contributed by atoms with Gasteiger partial charge in [-0.2, -0.15) is 0 Å². The van der Waals surface area contributed by atoms with Gasteiger partial charge in [0.2, 0.25) is 0 Å². The van der Waals surface area contributed by atoms with Crippen LogP contribution in [0.2, 0.25) is 0 Å². The normalized spacial score (nSPS) is 11.7. The van der Waals surface area contributed by atoms with Crippen LogP contribution in [-0.4, -0.2) is 22.8 Å². The van der Waals surface area contributed by atoms with Crippen LogP contribution in [0.1, 0.15) is 32.6 Å². The van der Waals surface area contributed by atoms with Crippen molar-refractivity contribution < 1.29 is 15.0 Å². The lowest BCUT2D eigenvalue weighted by Gasteiger charge is -1.98. The molecule has 0 aliphatic carbocycles. The smallest absolute Gasteiger partial charge is 0.331 e. The number of carboxylic acids is 1. The fraction of sp³-hybridized carbons (Fsp3) is 0.667. The van der Waals surface area contributed by atoms with Crippen molar-refractivity contribution in [2.75, 3.05) is 6.61 Å². The Morgan fingerprint density at radius 2 is 2.17 bits per heavy atom. The maximum absolute atomic E-state index is 10.5. The second kappa shape index (κ2) is 6.85. The lowest BCUT2D eigenvalue weighted by molar-refractivity contribution is -0.132. The Labute approximate surface area is 72.7 Å². The van der Waals surface area contributed by atoms with Crippen LogP contribution in [0.5, 0.6) is 0 Å². The molecule has 0 aromatic heterocycles. The number of hydrogen-bond donors (Lipinski definition) is 2. The molecule has 0 aliphatic rings. The van der Waals surface area contributed by atoms with Crippen LogP contribution in [0.4, 0.5) is 0 Å². The van der Waals surface area contributed by atoms with E-state index in [4.69, 9.17) is 10.2 Å². The van der Waals surface area contributed by atoms with Crippen LogP contribution < -0.4 is 0 Å². The van der Waals surface area contributed by atoms with Crippen molar-refractivity contribution in [2.45, 2.75) is 32.6 Å². The molecule has 70 valence electrons. The molecule has 0 saturated heterocycles. The summed E-state index contributed by atoms with van der Waals surface area (Å²) in [5.41, 5.74) is 0.325. The first-order chi connectivity index (χ1) is 5.72. The van der Waals surface area contributed by atoms with E-state index in [1.165, 1.54) is 0 Å². The van der Waals surface area contributed by atoms with Crippen molar-refractivity contribution in [3.8, 4) is 0 Å². The fourth-order valence-corrected chi connectivity index (χ4v) is 0.897. The van der Waals surface area contributed by atoms with Gasteiger partial charge < -0.3 is 10.2 Å². The molecule has 0 amide bonds. The monoisotopic (exact) mass is 172 g/mol. The van der Waals surface area contributed by atoms with Crippen LogP contribution in [0.15, 0.2) is 11.6 Å². The number of aliphatic hydroxyl groups is 1. The quantitative estimate of drug-likeness (QED) is 0.472. The minimum atomic E-state index is -0.917. The molecule has 0 saturated carbocycles. The van der Waals surface area contributed by atoms with Crippen LogP contribution in [0.3, 0.4) is 0 Å². The maximum atomic E-state index is 10.5.